The number of anilines is 1. The number of aromatic nitrogens is 4. The molecule has 8 nitrogen and oxygen atoms in total. The van der Waals surface area contributed by atoms with Gasteiger partial charge in [-0.2, -0.15) is 5.10 Å². The lowest BCUT2D eigenvalue weighted by atomic mass is 10.1. The topological polar surface area (TPSA) is 102 Å². The van der Waals surface area contributed by atoms with Gasteiger partial charge in [0.15, 0.2) is 5.54 Å². The standard InChI is InChI=1S/C15H19N5O3/c1-15(2,14(22)23)20-8-10(7-16-20)17-13(21)11-9-19-6-4-3-5-12(19)18-11/h7-9H,3-6H2,1-2H3,(H,17,21)(H,22,23). The molecule has 8 heteroatoms. The van der Waals surface area contributed by atoms with Gasteiger partial charge in [0.05, 0.1) is 11.9 Å². The van der Waals surface area contributed by atoms with Crippen molar-refractivity contribution >= 4 is 17.6 Å². The lowest BCUT2D eigenvalue weighted by molar-refractivity contribution is -0.146. The molecule has 3 heterocycles. The Morgan fingerprint density at radius 2 is 2.09 bits per heavy atom. The van der Waals surface area contributed by atoms with Gasteiger partial charge in [-0.15, -0.1) is 0 Å². The van der Waals surface area contributed by atoms with E-state index in [-0.39, 0.29) is 5.91 Å². The first-order valence-electron chi connectivity index (χ1n) is 7.54. The fourth-order valence-electron chi connectivity index (χ4n) is 2.51. The second-order valence-corrected chi connectivity index (χ2v) is 6.18. The number of fused-ring (bicyclic) bond motifs is 1. The second-order valence-electron chi connectivity index (χ2n) is 6.18. The van der Waals surface area contributed by atoms with Crippen LogP contribution in [0.3, 0.4) is 0 Å². The number of nitrogens with one attached hydrogen (secondary N) is 1. The van der Waals surface area contributed by atoms with Crippen LogP contribution < -0.4 is 5.32 Å². The van der Waals surface area contributed by atoms with Crippen LogP contribution >= 0.6 is 0 Å². The number of carboxylic acids is 1. The number of imidazole rings is 1. The van der Waals surface area contributed by atoms with Gasteiger partial charge in [-0.1, -0.05) is 0 Å². The van der Waals surface area contributed by atoms with Crippen molar-refractivity contribution in [2.75, 3.05) is 5.32 Å². The number of carbonyl (C=O) groups excluding carboxylic acids is 1. The minimum atomic E-state index is -1.18. The van der Waals surface area contributed by atoms with E-state index in [0.29, 0.717) is 11.4 Å². The zero-order chi connectivity index (χ0) is 16.6. The quantitative estimate of drug-likeness (QED) is 0.889. The second kappa shape index (κ2) is 5.53. The molecule has 0 aliphatic carbocycles. The van der Waals surface area contributed by atoms with Gasteiger partial charge in [0.2, 0.25) is 0 Å². The third kappa shape index (κ3) is 2.84. The summed E-state index contributed by atoms with van der Waals surface area (Å²) >= 11 is 0. The molecule has 2 N–H and O–H groups in total. The van der Waals surface area contributed by atoms with Gasteiger partial charge >= 0.3 is 5.97 Å². The minimum absolute atomic E-state index is 0.320. The summed E-state index contributed by atoms with van der Waals surface area (Å²) in [6.45, 7) is 3.97. The molecule has 0 radical (unpaired) electrons. The molecule has 2 aromatic heterocycles. The Morgan fingerprint density at radius 3 is 2.78 bits per heavy atom. The van der Waals surface area contributed by atoms with E-state index in [1.807, 2.05) is 4.57 Å². The van der Waals surface area contributed by atoms with E-state index in [0.717, 1.165) is 31.6 Å². The number of rotatable bonds is 4. The van der Waals surface area contributed by atoms with Crippen LogP contribution in [0.1, 0.15) is 43.0 Å². The van der Waals surface area contributed by atoms with E-state index in [2.05, 4.69) is 15.4 Å². The lowest BCUT2D eigenvalue weighted by Gasteiger charge is -2.19. The fraction of sp³-hybridized carbons (Fsp3) is 0.467. The largest absolute Gasteiger partial charge is 0.479 e. The highest BCUT2D eigenvalue weighted by molar-refractivity contribution is 6.02. The van der Waals surface area contributed by atoms with Crippen molar-refractivity contribution < 1.29 is 14.7 Å². The average Bonchev–Trinajstić information content (AvgIpc) is 3.13. The molecule has 0 fully saturated rings. The molecule has 3 rings (SSSR count). The van der Waals surface area contributed by atoms with Crippen LogP contribution in [-0.4, -0.2) is 36.3 Å². The maximum absolute atomic E-state index is 12.3. The van der Waals surface area contributed by atoms with Gasteiger partial charge < -0.3 is 15.0 Å². The third-order valence-electron chi connectivity index (χ3n) is 4.08. The van der Waals surface area contributed by atoms with Gasteiger partial charge in [0.25, 0.3) is 5.91 Å². The SMILES string of the molecule is CC(C)(C(=O)O)n1cc(NC(=O)c2cn3c(n2)CCCC3)cn1. The molecular weight excluding hydrogens is 298 g/mol. The van der Waals surface area contributed by atoms with Gasteiger partial charge in [0.1, 0.15) is 11.5 Å². The summed E-state index contributed by atoms with van der Waals surface area (Å²) in [6, 6.07) is 0. The first kappa shape index (κ1) is 15.3. The molecule has 23 heavy (non-hydrogen) atoms. The molecule has 0 saturated carbocycles. The Bertz CT molecular complexity index is 736. The zero-order valence-electron chi connectivity index (χ0n) is 13.1. The number of hydrogen-bond donors (Lipinski definition) is 2. The van der Waals surface area contributed by atoms with Gasteiger partial charge in [-0.25, -0.2) is 9.78 Å². The highest BCUT2D eigenvalue weighted by Crippen LogP contribution is 2.19. The molecule has 0 bridgehead atoms. The van der Waals surface area contributed by atoms with Crippen LogP contribution in [0.5, 0.6) is 0 Å². The van der Waals surface area contributed by atoms with Crippen molar-refractivity contribution in [1.82, 2.24) is 19.3 Å². The first-order chi connectivity index (χ1) is 10.9. The smallest absolute Gasteiger partial charge is 0.331 e. The zero-order valence-corrected chi connectivity index (χ0v) is 13.1. The maximum Gasteiger partial charge on any atom is 0.331 e. The van der Waals surface area contributed by atoms with Crippen LogP contribution in [0, 0.1) is 0 Å². The Labute approximate surface area is 133 Å². The van der Waals surface area contributed by atoms with E-state index >= 15 is 0 Å². The predicted molar refractivity (Wildman–Crippen MR) is 82.3 cm³/mol. The highest BCUT2D eigenvalue weighted by Gasteiger charge is 2.30. The minimum Gasteiger partial charge on any atom is -0.479 e. The molecule has 0 spiro atoms. The number of aryl methyl sites for hydroxylation is 2. The summed E-state index contributed by atoms with van der Waals surface area (Å²) < 4.78 is 3.32. The van der Waals surface area contributed by atoms with Crippen molar-refractivity contribution in [2.45, 2.75) is 45.2 Å². The number of hydrogen-bond acceptors (Lipinski definition) is 4. The number of carboxylic acid groups (broad SMARTS) is 1. The molecule has 1 aliphatic heterocycles. The molecule has 0 unspecified atom stereocenters. The van der Waals surface area contributed by atoms with Crippen molar-refractivity contribution in [3.63, 3.8) is 0 Å². The average molecular weight is 317 g/mol. The number of aliphatic carboxylic acids is 1. The van der Waals surface area contributed by atoms with E-state index in [1.54, 1.807) is 6.20 Å². The summed E-state index contributed by atoms with van der Waals surface area (Å²) in [5, 5.41) is 15.9. The molecule has 0 aromatic carbocycles. The number of amides is 1. The summed E-state index contributed by atoms with van der Waals surface area (Å²) in [4.78, 5) is 27.9. The van der Waals surface area contributed by atoms with Crippen molar-refractivity contribution in [3.8, 4) is 0 Å². The van der Waals surface area contributed by atoms with Gasteiger partial charge in [-0.05, 0) is 26.7 Å². The summed E-state index contributed by atoms with van der Waals surface area (Å²) in [6.07, 6.45) is 7.77. The van der Waals surface area contributed by atoms with E-state index in [4.69, 9.17) is 0 Å². The Hall–Kier alpha value is -2.64. The van der Waals surface area contributed by atoms with E-state index in [1.165, 1.54) is 30.9 Å². The molecule has 1 amide bonds. The molecule has 0 saturated heterocycles. The van der Waals surface area contributed by atoms with Crippen molar-refractivity contribution in [2.24, 2.45) is 0 Å². The van der Waals surface area contributed by atoms with Gasteiger partial charge in [0, 0.05) is 25.4 Å². The van der Waals surface area contributed by atoms with Crippen LogP contribution in [-0.2, 0) is 23.3 Å². The molecule has 0 atom stereocenters. The van der Waals surface area contributed by atoms with Crippen molar-refractivity contribution in [1.29, 1.82) is 0 Å². The highest BCUT2D eigenvalue weighted by atomic mass is 16.4. The van der Waals surface area contributed by atoms with E-state index in [9.17, 15) is 14.7 Å². The molecule has 1 aliphatic rings. The van der Waals surface area contributed by atoms with Crippen LogP contribution in [0.4, 0.5) is 5.69 Å². The van der Waals surface area contributed by atoms with Crippen LogP contribution in [0.25, 0.3) is 0 Å². The normalized spacial score (nSPS) is 14.3. The predicted octanol–water partition coefficient (Wildman–Crippen LogP) is 1.49. The van der Waals surface area contributed by atoms with Crippen LogP contribution in [0.2, 0.25) is 0 Å². The fourth-order valence-corrected chi connectivity index (χ4v) is 2.51. The number of nitrogens with zero attached hydrogens (tertiary/aromatic N) is 4. The van der Waals surface area contributed by atoms with E-state index < -0.39 is 11.5 Å². The molecule has 122 valence electrons. The Morgan fingerprint density at radius 1 is 1.30 bits per heavy atom. The van der Waals surface area contributed by atoms with Gasteiger partial charge in [-0.3, -0.25) is 9.48 Å². The third-order valence-corrected chi connectivity index (χ3v) is 4.08. The summed E-state index contributed by atoms with van der Waals surface area (Å²) in [5.41, 5.74) is -0.376. The first-order valence-corrected chi connectivity index (χ1v) is 7.54. The van der Waals surface area contributed by atoms with Crippen LogP contribution in [0.15, 0.2) is 18.6 Å². The molecular formula is C15H19N5O3. The Balaban J connectivity index is 1.75. The Kier molecular flexibility index (Phi) is 3.67. The summed E-state index contributed by atoms with van der Waals surface area (Å²) in [7, 11) is 0. The molecule has 2 aromatic rings. The monoisotopic (exact) mass is 317 g/mol. The number of carbonyl (C=O) groups is 2. The summed E-state index contributed by atoms with van der Waals surface area (Å²) in [5.74, 6) is -0.385. The maximum atomic E-state index is 12.3. The van der Waals surface area contributed by atoms with Crippen molar-refractivity contribution in [3.05, 3.63) is 30.1 Å². The lowest BCUT2D eigenvalue weighted by Crippen LogP contribution is -2.35.